The third kappa shape index (κ3) is 9.04. The van der Waals surface area contributed by atoms with E-state index in [1.165, 1.54) is 30.6 Å². The number of nitrogens with zero attached hydrogens (tertiary/aromatic N) is 6. The summed E-state index contributed by atoms with van der Waals surface area (Å²) >= 11 is 0.970. The van der Waals surface area contributed by atoms with Gasteiger partial charge < -0.3 is 10.6 Å². The number of nitrogens with one attached hydrogen (secondary N) is 2. The van der Waals surface area contributed by atoms with Crippen LogP contribution in [0, 0.1) is 0 Å². The molecular formula is C26H24F6N8O2S. The summed E-state index contributed by atoms with van der Waals surface area (Å²) < 4.78 is 81.3. The third-order valence-corrected chi connectivity index (χ3v) is 6.93. The normalized spacial score (nSPS) is 12.6. The number of pyridine rings is 1. The number of aryl methyl sites for hydroxylation is 1. The first-order valence-electron chi connectivity index (χ1n) is 12.7. The fourth-order valence-electron chi connectivity index (χ4n) is 3.74. The second kappa shape index (κ2) is 13.3. The predicted octanol–water partition coefficient (Wildman–Crippen LogP) is 4.49. The predicted molar refractivity (Wildman–Crippen MR) is 141 cm³/mol. The Bertz CT molecular complexity index is 1570. The molecule has 4 rings (SSSR count). The van der Waals surface area contributed by atoms with Crippen molar-refractivity contribution in [3.05, 3.63) is 86.9 Å². The van der Waals surface area contributed by atoms with E-state index >= 15 is 0 Å². The summed E-state index contributed by atoms with van der Waals surface area (Å²) in [5.74, 6) is -4.27. The number of aromatic nitrogens is 6. The third-order valence-electron chi connectivity index (χ3n) is 5.95. The Morgan fingerprint density at radius 2 is 1.67 bits per heavy atom. The highest BCUT2D eigenvalue weighted by Crippen LogP contribution is 2.29. The number of amides is 2. The number of hydrogen-bond acceptors (Lipinski definition) is 8. The van der Waals surface area contributed by atoms with Crippen molar-refractivity contribution in [1.29, 1.82) is 0 Å². The number of carbonyl (C=O) groups excluding carboxylic acids is 2. The zero-order valence-electron chi connectivity index (χ0n) is 22.4. The summed E-state index contributed by atoms with van der Waals surface area (Å²) in [6.45, 7) is 0.318. The molecular weight excluding hydrogens is 602 g/mol. The Morgan fingerprint density at radius 1 is 0.953 bits per heavy atom. The average molecular weight is 627 g/mol. The largest absolute Gasteiger partial charge is 0.417 e. The van der Waals surface area contributed by atoms with Crippen LogP contribution in [-0.4, -0.2) is 48.2 Å². The molecule has 0 fully saturated rings. The summed E-state index contributed by atoms with van der Waals surface area (Å²) in [4.78, 5) is 28.2. The average Bonchev–Trinajstić information content (AvgIpc) is 3.63. The lowest BCUT2D eigenvalue weighted by molar-refractivity contribution is -0.137. The highest BCUT2D eigenvalue weighted by Gasteiger charge is 2.31. The first-order chi connectivity index (χ1) is 20.3. The molecule has 10 nitrogen and oxygen atoms in total. The van der Waals surface area contributed by atoms with Crippen molar-refractivity contribution in [3.63, 3.8) is 0 Å². The van der Waals surface area contributed by atoms with Gasteiger partial charge in [0.2, 0.25) is 5.01 Å². The molecule has 0 bridgehead atoms. The van der Waals surface area contributed by atoms with Crippen molar-refractivity contribution in [1.82, 2.24) is 40.8 Å². The lowest BCUT2D eigenvalue weighted by Crippen LogP contribution is -2.23. The molecule has 0 saturated carbocycles. The quantitative estimate of drug-likeness (QED) is 0.222. The van der Waals surface area contributed by atoms with Crippen molar-refractivity contribution < 1.29 is 35.9 Å². The van der Waals surface area contributed by atoms with E-state index in [2.05, 4.69) is 36.1 Å². The minimum Gasteiger partial charge on any atom is -0.346 e. The molecule has 43 heavy (non-hydrogen) atoms. The zero-order chi connectivity index (χ0) is 31.2. The molecule has 0 aliphatic heterocycles. The van der Waals surface area contributed by atoms with Crippen LogP contribution in [0.2, 0.25) is 0 Å². The van der Waals surface area contributed by atoms with Crippen molar-refractivity contribution in [2.45, 2.75) is 57.7 Å². The lowest BCUT2D eigenvalue weighted by Gasteiger charge is -2.12. The van der Waals surface area contributed by atoms with Gasteiger partial charge in [-0.1, -0.05) is 34.7 Å². The van der Waals surface area contributed by atoms with Crippen LogP contribution in [0.4, 0.5) is 26.3 Å². The smallest absolute Gasteiger partial charge is 0.346 e. The van der Waals surface area contributed by atoms with Crippen LogP contribution in [0.25, 0.3) is 0 Å². The van der Waals surface area contributed by atoms with Gasteiger partial charge in [0.05, 0.1) is 18.3 Å². The second-order valence-corrected chi connectivity index (χ2v) is 10.6. The molecule has 3 heterocycles. The number of benzene rings is 1. The monoisotopic (exact) mass is 626 g/mol. The lowest BCUT2D eigenvalue weighted by atomic mass is 10.1. The van der Waals surface area contributed by atoms with Gasteiger partial charge in [-0.15, -0.1) is 15.3 Å². The van der Waals surface area contributed by atoms with Gasteiger partial charge in [0.25, 0.3) is 17.7 Å². The summed E-state index contributed by atoms with van der Waals surface area (Å²) in [5, 5.41) is 20.5. The summed E-state index contributed by atoms with van der Waals surface area (Å²) in [7, 11) is 0. The molecule has 17 heteroatoms. The molecule has 1 unspecified atom stereocenters. The molecule has 2 N–H and O–H groups in total. The van der Waals surface area contributed by atoms with Gasteiger partial charge in [-0.2, -0.15) is 13.2 Å². The molecule has 0 aliphatic carbocycles. The van der Waals surface area contributed by atoms with Crippen molar-refractivity contribution >= 4 is 23.2 Å². The van der Waals surface area contributed by atoms with Crippen LogP contribution in [-0.2, 0) is 38.2 Å². The topological polar surface area (TPSA) is 128 Å². The Kier molecular flexibility index (Phi) is 9.73. The van der Waals surface area contributed by atoms with Gasteiger partial charge in [0, 0.05) is 44.4 Å². The fraction of sp³-hybridized carbons (Fsp3) is 0.346. The first kappa shape index (κ1) is 31.5. The molecule has 3 aromatic heterocycles. The van der Waals surface area contributed by atoms with Crippen LogP contribution >= 0.6 is 11.3 Å². The van der Waals surface area contributed by atoms with E-state index in [4.69, 9.17) is 0 Å². The van der Waals surface area contributed by atoms with E-state index in [1.54, 1.807) is 6.07 Å². The molecule has 4 aromatic rings. The van der Waals surface area contributed by atoms with Gasteiger partial charge in [-0.05, 0) is 29.7 Å². The molecule has 228 valence electrons. The Morgan fingerprint density at radius 3 is 2.42 bits per heavy atom. The minimum atomic E-state index is -4.57. The first-order valence-corrected chi connectivity index (χ1v) is 13.5. The van der Waals surface area contributed by atoms with E-state index in [0.717, 1.165) is 29.0 Å². The standard InChI is InChI=1S/C26H24F6N8O2S/c1-25(28,29)17-4-2-3-15(7-17)10-35-23(42)24-38-37-21(43-24)6-5-19(27)13-40-14-20(36-39-40)22(41)34-11-16-8-18(12-33-9-16)26(30,31)32/h2-4,7-9,12,14,19H,5-6,10-11,13H2,1H3,(H,34,41)(H,35,42). The molecule has 0 aliphatic rings. The van der Waals surface area contributed by atoms with Crippen LogP contribution in [0.1, 0.15) is 60.9 Å². The molecule has 0 spiro atoms. The summed E-state index contributed by atoms with van der Waals surface area (Å²) in [6, 6.07) is 6.54. The summed E-state index contributed by atoms with van der Waals surface area (Å²) in [6.07, 6.45) is -2.76. The molecule has 1 atom stereocenters. The van der Waals surface area contributed by atoms with E-state index < -0.39 is 35.6 Å². The summed E-state index contributed by atoms with van der Waals surface area (Å²) in [5.41, 5.74) is -0.653. The molecule has 1 aromatic carbocycles. The molecule has 2 amide bonds. The maximum absolute atomic E-state index is 14.6. The number of alkyl halides is 6. The Labute approximate surface area is 244 Å². The minimum absolute atomic E-state index is 0.00178. The van der Waals surface area contributed by atoms with Crippen LogP contribution in [0.5, 0.6) is 0 Å². The SMILES string of the molecule is CC(F)(F)c1cccc(CNC(=O)c2nnc(CCC(F)Cn3cc(C(=O)NCc4cncc(C(F)(F)F)c4)nn3)s2)c1. The van der Waals surface area contributed by atoms with Crippen LogP contribution < -0.4 is 10.6 Å². The van der Waals surface area contributed by atoms with Gasteiger partial charge in [-0.25, -0.2) is 17.9 Å². The number of halogens is 6. The van der Waals surface area contributed by atoms with E-state index in [9.17, 15) is 35.9 Å². The maximum atomic E-state index is 14.6. The Hall–Kier alpha value is -4.41. The highest BCUT2D eigenvalue weighted by atomic mass is 32.1. The second-order valence-electron chi connectivity index (χ2n) is 9.50. The van der Waals surface area contributed by atoms with Crippen molar-refractivity contribution in [3.8, 4) is 0 Å². The molecule has 0 saturated heterocycles. The van der Waals surface area contributed by atoms with Crippen molar-refractivity contribution in [2.24, 2.45) is 0 Å². The Balaban J connectivity index is 1.21. The van der Waals surface area contributed by atoms with Crippen LogP contribution in [0.15, 0.2) is 48.9 Å². The van der Waals surface area contributed by atoms with E-state index in [0.29, 0.717) is 16.8 Å². The van der Waals surface area contributed by atoms with Crippen molar-refractivity contribution in [2.75, 3.05) is 0 Å². The van der Waals surface area contributed by atoms with Gasteiger partial charge >= 0.3 is 6.18 Å². The number of hydrogen-bond donors (Lipinski definition) is 2. The van der Waals surface area contributed by atoms with Gasteiger partial charge in [0.15, 0.2) is 5.69 Å². The zero-order valence-corrected chi connectivity index (χ0v) is 23.2. The van der Waals surface area contributed by atoms with Gasteiger partial charge in [-0.3, -0.25) is 14.6 Å². The fourth-order valence-corrected chi connectivity index (χ4v) is 4.51. The van der Waals surface area contributed by atoms with E-state index in [1.807, 2.05) is 0 Å². The highest BCUT2D eigenvalue weighted by molar-refractivity contribution is 7.13. The van der Waals surface area contributed by atoms with E-state index in [-0.39, 0.29) is 54.3 Å². The van der Waals surface area contributed by atoms with Crippen LogP contribution in [0.3, 0.4) is 0 Å². The number of rotatable bonds is 12. The number of carbonyl (C=O) groups is 2. The maximum Gasteiger partial charge on any atom is 0.417 e. The molecule has 0 radical (unpaired) electrons. The van der Waals surface area contributed by atoms with Gasteiger partial charge in [0.1, 0.15) is 11.2 Å².